The molecule has 2 heteroatoms. The maximum atomic E-state index is 12.0. The zero-order valence-corrected chi connectivity index (χ0v) is 9.25. The average molecular weight is 204 g/mol. The van der Waals surface area contributed by atoms with Crippen LogP contribution in [0.25, 0.3) is 0 Å². The number of hydrogen-bond acceptors (Lipinski definition) is 2. The molecule has 1 aliphatic rings. The SMILES string of the molecule is CCOc1ccc(C)cc1C(=O)C1CC1. The molecule has 1 aliphatic carbocycles. The van der Waals surface area contributed by atoms with Crippen LogP contribution in [0.5, 0.6) is 5.75 Å². The lowest BCUT2D eigenvalue weighted by atomic mass is 10.0. The van der Waals surface area contributed by atoms with Crippen molar-refractivity contribution < 1.29 is 9.53 Å². The van der Waals surface area contributed by atoms with Crippen molar-refractivity contribution in [3.05, 3.63) is 29.3 Å². The minimum atomic E-state index is 0.252. The first kappa shape index (κ1) is 10.2. The monoisotopic (exact) mass is 204 g/mol. The van der Waals surface area contributed by atoms with Gasteiger partial charge < -0.3 is 4.74 Å². The standard InChI is InChI=1S/C13H16O2/c1-3-15-12-7-4-9(2)8-11(12)13(14)10-5-6-10/h4,7-8,10H,3,5-6H2,1-2H3. The Balaban J connectivity index is 2.32. The van der Waals surface area contributed by atoms with Crippen LogP contribution in [-0.2, 0) is 0 Å². The van der Waals surface area contributed by atoms with E-state index in [1.165, 1.54) is 0 Å². The lowest BCUT2D eigenvalue weighted by Gasteiger charge is -2.09. The van der Waals surface area contributed by atoms with E-state index < -0.39 is 0 Å². The first-order chi connectivity index (χ1) is 7.22. The fourth-order valence-corrected chi connectivity index (χ4v) is 1.68. The van der Waals surface area contributed by atoms with Crippen molar-refractivity contribution in [3.8, 4) is 5.75 Å². The van der Waals surface area contributed by atoms with E-state index in [4.69, 9.17) is 4.74 Å². The van der Waals surface area contributed by atoms with E-state index in [1.54, 1.807) is 0 Å². The quantitative estimate of drug-likeness (QED) is 0.705. The van der Waals surface area contributed by atoms with E-state index >= 15 is 0 Å². The molecule has 2 nitrogen and oxygen atoms in total. The topological polar surface area (TPSA) is 26.3 Å². The van der Waals surface area contributed by atoms with Gasteiger partial charge in [0.25, 0.3) is 0 Å². The molecule has 15 heavy (non-hydrogen) atoms. The van der Waals surface area contributed by atoms with Gasteiger partial charge >= 0.3 is 0 Å². The zero-order valence-electron chi connectivity index (χ0n) is 9.25. The highest BCUT2D eigenvalue weighted by molar-refractivity contribution is 6.01. The molecule has 0 aromatic heterocycles. The molecule has 0 radical (unpaired) electrons. The Labute approximate surface area is 90.3 Å². The summed E-state index contributed by atoms with van der Waals surface area (Å²) in [6.07, 6.45) is 2.08. The Morgan fingerprint density at radius 3 is 2.80 bits per heavy atom. The van der Waals surface area contributed by atoms with Crippen molar-refractivity contribution in [2.75, 3.05) is 6.61 Å². The minimum Gasteiger partial charge on any atom is -0.493 e. The van der Waals surface area contributed by atoms with Crippen LogP contribution in [0.1, 0.15) is 35.7 Å². The molecule has 1 aromatic rings. The van der Waals surface area contributed by atoms with Gasteiger partial charge in [-0.05, 0) is 38.8 Å². The molecular formula is C13H16O2. The number of ether oxygens (including phenoxy) is 1. The van der Waals surface area contributed by atoms with E-state index in [0.29, 0.717) is 6.61 Å². The van der Waals surface area contributed by atoms with E-state index in [0.717, 1.165) is 29.7 Å². The average Bonchev–Trinajstić information content (AvgIpc) is 3.03. The summed E-state index contributed by atoms with van der Waals surface area (Å²) in [6.45, 7) is 4.54. The molecule has 0 aliphatic heterocycles. The molecule has 0 amide bonds. The van der Waals surface area contributed by atoms with Gasteiger partial charge in [0.05, 0.1) is 12.2 Å². The molecule has 0 bridgehead atoms. The van der Waals surface area contributed by atoms with Crippen LogP contribution in [0, 0.1) is 12.8 Å². The van der Waals surface area contributed by atoms with Gasteiger partial charge in [0.15, 0.2) is 5.78 Å². The molecule has 0 N–H and O–H groups in total. The molecule has 0 spiro atoms. The highest BCUT2D eigenvalue weighted by Gasteiger charge is 2.32. The molecular weight excluding hydrogens is 188 g/mol. The maximum absolute atomic E-state index is 12.0. The number of Topliss-reactive ketones (excluding diaryl/α,β-unsaturated/α-hetero) is 1. The van der Waals surface area contributed by atoms with Gasteiger partial charge in [-0.2, -0.15) is 0 Å². The first-order valence-electron chi connectivity index (χ1n) is 5.50. The number of rotatable bonds is 4. The van der Waals surface area contributed by atoms with Crippen LogP contribution in [0.2, 0.25) is 0 Å². The molecule has 1 fully saturated rings. The molecule has 0 unspecified atom stereocenters. The van der Waals surface area contributed by atoms with E-state index in [2.05, 4.69) is 0 Å². The van der Waals surface area contributed by atoms with E-state index in [9.17, 15) is 4.79 Å². The molecule has 80 valence electrons. The van der Waals surface area contributed by atoms with Crippen LogP contribution in [0.15, 0.2) is 18.2 Å². The molecule has 1 saturated carbocycles. The van der Waals surface area contributed by atoms with Gasteiger partial charge in [0.1, 0.15) is 5.75 Å². The summed E-state index contributed by atoms with van der Waals surface area (Å²) in [5.74, 6) is 1.24. The number of ketones is 1. The van der Waals surface area contributed by atoms with Crippen LogP contribution >= 0.6 is 0 Å². The lowest BCUT2D eigenvalue weighted by Crippen LogP contribution is -2.06. The van der Waals surface area contributed by atoms with Gasteiger partial charge in [-0.1, -0.05) is 11.6 Å². The summed E-state index contributed by atoms with van der Waals surface area (Å²) in [4.78, 5) is 12.0. The van der Waals surface area contributed by atoms with Gasteiger partial charge in [0, 0.05) is 5.92 Å². The number of aryl methyl sites for hydroxylation is 1. The lowest BCUT2D eigenvalue weighted by molar-refractivity contribution is 0.0964. The fraction of sp³-hybridized carbons (Fsp3) is 0.462. The van der Waals surface area contributed by atoms with Crippen molar-refractivity contribution in [1.29, 1.82) is 0 Å². The number of benzene rings is 1. The summed E-state index contributed by atoms with van der Waals surface area (Å²) < 4.78 is 5.47. The van der Waals surface area contributed by atoms with Crippen molar-refractivity contribution in [3.63, 3.8) is 0 Å². The summed E-state index contributed by atoms with van der Waals surface area (Å²) in [5.41, 5.74) is 1.88. The van der Waals surface area contributed by atoms with Gasteiger partial charge in [-0.25, -0.2) is 0 Å². The summed E-state index contributed by atoms with van der Waals surface area (Å²) in [7, 11) is 0. The van der Waals surface area contributed by atoms with Crippen molar-refractivity contribution in [1.82, 2.24) is 0 Å². The Bertz CT molecular complexity index is 378. The van der Waals surface area contributed by atoms with Gasteiger partial charge in [-0.15, -0.1) is 0 Å². The second kappa shape index (κ2) is 4.05. The van der Waals surface area contributed by atoms with Crippen LogP contribution in [0.3, 0.4) is 0 Å². The highest BCUT2D eigenvalue weighted by Crippen LogP contribution is 2.35. The van der Waals surface area contributed by atoms with E-state index in [-0.39, 0.29) is 11.7 Å². The van der Waals surface area contributed by atoms with Gasteiger partial charge in [-0.3, -0.25) is 4.79 Å². The molecule has 0 saturated heterocycles. The van der Waals surface area contributed by atoms with Crippen molar-refractivity contribution >= 4 is 5.78 Å². The Kier molecular flexibility index (Phi) is 2.76. The predicted octanol–water partition coefficient (Wildman–Crippen LogP) is 2.99. The Morgan fingerprint density at radius 1 is 1.47 bits per heavy atom. The first-order valence-corrected chi connectivity index (χ1v) is 5.50. The molecule has 1 aromatic carbocycles. The Morgan fingerprint density at radius 2 is 2.20 bits per heavy atom. The third kappa shape index (κ3) is 2.20. The van der Waals surface area contributed by atoms with Crippen LogP contribution < -0.4 is 4.74 Å². The normalized spacial score (nSPS) is 15.1. The number of hydrogen-bond donors (Lipinski definition) is 0. The third-order valence-electron chi connectivity index (χ3n) is 2.65. The van der Waals surface area contributed by atoms with Crippen molar-refractivity contribution in [2.24, 2.45) is 5.92 Å². The third-order valence-corrected chi connectivity index (χ3v) is 2.65. The fourth-order valence-electron chi connectivity index (χ4n) is 1.68. The van der Waals surface area contributed by atoms with Gasteiger partial charge in [0.2, 0.25) is 0 Å². The summed E-state index contributed by atoms with van der Waals surface area (Å²) in [5, 5.41) is 0. The number of carbonyl (C=O) groups is 1. The minimum absolute atomic E-state index is 0.252. The summed E-state index contributed by atoms with van der Waals surface area (Å²) in [6, 6.07) is 5.81. The maximum Gasteiger partial charge on any atom is 0.169 e. The van der Waals surface area contributed by atoms with Crippen LogP contribution in [0.4, 0.5) is 0 Å². The largest absolute Gasteiger partial charge is 0.493 e. The molecule has 2 rings (SSSR count). The van der Waals surface area contributed by atoms with Crippen molar-refractivity contribution in [2.45, 2.75) is 26.7 Å². The smallest absolute Gasteiger partial charge is 0.169 e. The summed E-state index contributed by atoms with van der Waals surface area (Å²) >= 11 is 0. The second-order valence-electron chi connectivity index (χ2n) is 4.07. The number of carbonyl (C=O) groups excluding carboxylic acids is 1. The second-order valence-corrected chi connectivity index (χ2v) is 4.07. The Hall–Kier alpha value is -1.31. The predicted molar refractivity (Wildman–Crippen MR) is 59.4 cm³/mol. The zero-order chi connectivity index (χ0) is 10.8. The molecule has 0 atom stereocenters. The molecule has 0 heterocycles. The van der Waals surface area contributed by atoms with Crippen LogP contribution in [-0.4, -0.2) is 12.4 Å². The van der Waals surface area contributed by atoms with E-state index in [1.807, 2.05) is 32.0 Å². The highest BCUT2D eigenvalue weighted by atomic mass is 16.5.